The zero-order valence-corrected chi connectivity index (χ0v) is 13.0. The topological polar surface area (TPSA) is 24.9 Å². The van der Waals surface area contributed by atoms with E-state index >= 15 is 0 Å². The Balaban J connectivity index is 1.72. The number of thiazole rings is 1. The maximum atomic E-state index is 4.39. The van der Waals surface area contributed by atoms with Crippen molar-refractivity contribution in [3.05, 3.63) is 51.5 Å². The van der Waals surface area contributed by atoms with Crippen molar-refractivity contribution < 1.29 is 0 Å². The van der Waals surface area contributed by atoms with E-state index in [0.29, 0.717) is 12.1 Å². The quantitative estimate of drug-likeness (QED) is 0.899. The summed E-state index contributed by atoms with van der Waals surface area (Å²) >= 11 is 1.66. The average molecular weight is 286 g/mol. The predicted octanol–water partition coefficient (Wildman–Crippen LogP) is 4.43. The molecule has 0 aliphatic heterocycles. The van der Waals surface area contributed by atoms with E-state index in [0.717, 1.165) is 5.69 Å². The summed E-state index contributed by atoms with van der Waals surface area (Å²) in [5.41, 5.74) is 7.55. The van der Waals surface area contributed by atoms with E-state index in [1.54, 1.807) is 22.5 Å². The molecule has 0 saturated carbocycles. The van der Waals surface area contributed by atoms with Gasteiger partial charge in [-0.1, -0.05) is 18.2 Å². The summed E-state index contributed by atoms with van der Waals surface area (Å²) in [6, 6.07) is 7.68. The summed E-state index contributed by atoms with van der Waals surface area (Å²) < 4.78 is 0. The van der Waals surface area contributed by atoms with Crippen LogP contribution in [0.25, 0.3) is 0 Å². The van der Waals surface area contributed by atoms with Crippen molar-refractivity contribution in [2.45, 2.75) is 51.6 Å². The van der Waals surface area contributed by atoms with Gasteiger partial charge in [0.15, 0.2) is 0 Å². The van der Waals surface area contributed by atoms with Crippen molar-refractivity contribution in [3.63, 3.8) is 0 Å². The Morgan fingerprint density at radius 1 is 1.10 bits per heavy atom. The first kappa shape index (κ1) is 13.8. The zero-order valence-electron chi connectivity index (χ0n) is 12.2. The minimum atomic E-state index is 0.298. The maximum Gasteiger partial charge on any atom is 0.0795 e. The predicted molar refractivity (Wildman–Crippen MR) is 85.2 cm³/mol. The monoisotopic (exact) mass is 286 g/mol. The number of hydrogen-bond acceptors (Lipinski definition) is 3. The molecule has 0 saturated heterocycles. The van der Waals surface area contributed by atoms with Gasteiger partial charge in [-0.3, -0.25) is 0 Å². The number of aromatic nitrogens is 1. The molecule has 0 bridgehead atoms. The van der Waals surface area contributed by atoms with Gasteiger partial charge in [0.2, 0.25) is 0 Å². The number of benzene rings is 1. The molecule has 0 amide bonds. The van der Waals surface area contributed by atoms with Crippen LogP contribution >= 0.6 is 11.3 Å². The molecule has 1 aliphatic rings. The first-order chi connectivity index (χ1) is 9.74. The molecule has 2 aromatic rings. The van der Waals surface area contributed by atoms with Crippen LogP contribution < -0.4 is 5.32 Å². The van der Waals surface area contributed by atoms with Crippen LogP contribution in [0, 0.1) is 0 Å². The van der Waals surface area contributed by atoms with Crippen LogP contribution in [-0.2, 0) is 12.8 Å². The highest BCUT2D eigenvalue weighted by molar-refractivity contribution is 7.07. The number of nitrogens with zero attached hydrogens (tertiary/aromatic N) is 1. The van der Waals surface area contributed by atoms with Crippen molar-refractivity contribution in [2.24, 2.45) is 0 Å². The second-order valence-corrected chi connectivity index (χ2v) is 6.48. The Bertz CT molecular complexity index is 562. The van der Waals surface area contributed by atoms with Crippen molar-refractivity contribution in [2.75, 3.05) is 0 Å². The summed E-state index contributed by atoms with van der Waals surface area (Å²) in [5.74, 6) is 0. The average Bonchev–Trinajstić information content (AvgIpc) is 3.01. The molecule has 1 aliphatic carbocycles. The van der Waals surface area contributed by atoms with Gasteiger partial charge >= 0.3 is 0 Å². The van der Waals surface area contributed by atoms with Crippen molar-refractivity contribution in [3.8, 4) is 0 Å². The summed E-state index contributed by atoms with van der Waals surface area (Å²) in [6.45, 7) is 4.43. The summed E-state index contributed by atoms with van der Waals surface area (Å²) in [6.07, 6.45) is 5.19. The summed E-state index contributed by atoms with van der Waals surface area (Å²) in [7, 11) is 0. The summed E-state index contributed by atoms with van der Waals surface area (Å²) in [5, 5.41) is 5.77. The van der Waals surface area contributed by atoms with Crippen LogP contribution in [0.3, 0.4) is 0 Å². The summed E-state index contributed by atoms with van der Waals surface area (Å²) in [4.78, 5) is 4.39. The molecule has 0 fully saturated rings. The Hall–Kier alpha value is -1.19. The van der Waals surface area contributed by atoms with Gasteiger partial charge in [0.1, 0.15) is 0 Å². The lowest BCUT2D eigenvalue weighted by atomic mass is 9.89. The second-order valence-electron chi connectivity index (χ2n) is 5.76. The normalized spacial score (nSPS) is 17.5. The van der Waals surface area contributed by atoms with E-state index in [4.69, 9.17) is 0 Å². The van der Waals surface area contributed by atoms with Crippen LogP contribution in [0.15, 0.2) is 29.1 Å². The number of hydrogen-bond donors (Lipinski definition) is 1. The highest BCUT2D eigenvalue weighted by atomic mass is 32.1. The van der Waals surface area contributed by atoms with Crippen LogP contribution in [-0.4, -0.2) is 4.98 Å². The van der Waals surface area contributed by atoms with E-state index < -0.39 is 0 Å². The molecule has 2 atom stereocenters. The molecule has 2 nitrogen and oxygen atoms in total. The minimum Gasteiger partial charge on any atom is -0.302 e. The number of fused-ring (bicyclic) bond motifs is 1. The van der Waals surface area contributed by atoms with Crippen molar-refractivity contribution in [1.82, 2.24) is 10.3 Å². The van der Waals surface area contributed by atoms with Crippen molar-refractivity contribution in [1.29, 1.82) is 0 Å². The largest absolute Gasteiger partial charge is 0.302 e. The van der Waals surface area contributed by atoms with Gasteiger partial charge in [-0.15, -0.1) is 11.3 Å². The molecule has 1 N–H and O–H groups in total. The molecule has 0 spiro atoms. The molecular formula is C17H22N2S. The Morgan fingerprint density at radius 2 is 1.90 bits per heavy atom. The van der Waals surface area contributed by atoms with Crippen LogP contribution in [0.5, 0.6) is 0 Å². The van der Waals surface area contributed by atoms with E-state index in [2.05, 4.69) is 47.7 Å². The minimum absolute atomic E-state index is 0.298. The smallest absolute Gasteiger partial charge is 0.0795 e. The molecule has 1 heterocycles. The lowest BCUT2D eigenvalue weighted by Crippen LogP contribution is -2.23. The van der Waals surface area contributed by atoms with Gasteiger partial charge in [-0.2, -0.15) is 0 Å². The fraction of sp³-hybridized carbons (Fsp3) is 0.471. The number of rotatable bonds is 4. The van der Waals surface area contributed by atoms with Gasteiger partial charge in [0.25, 0.3) is 0 Å². The molecule has 2 unspecified atom stereocenters. The van der Waals surface area contributed by atoms with Crippen LogP contribution in [0.4, 0.5) is 0 Å². The van der Waals surface area contributed by atoms with Crippen molar-refractivity contribution >= 4 is 11.3 Å². The first-order valence-corrected chi connectivity index (χ1v) is 8.44. The third-order valence-corrected chi connectivity index (χ3v) is 4.87. The lowest BCUT2D eigenvalue weighted by molar-refractivity contribution is 0.487. The van der Waals surface area contributed by atoms with E-state index in [1.165, 1.54) is 31.2 Å². The molecule has 1 aromatic carbocycles. The Kier molecular flexibility index (Phi) is 4.18. The fourth-order valence-corrected chi connectivity index (χ4v) is 3.66. The Labute approximate surface area is 125 Å². The van der Waals surface area contributed by atoms with Gasteiger partial charge in [-0.25, -0.2) is 4.98 Å². The van der Waals surface area contributed by atoms with Gasteiger partial charge < -0.3 is 5.32 Å². The molecule has 0 radical (unpaired) electrons. The molecule has 3 heteroatoms. The molecular weight excluding hydrogens is 264 g/mol. The highest BCUT2D eigenvalue weighted by Crippen LogP contribution is 2.26. The third kappa shape index (κ3) is 2.94. The van der Waals surface area contributed by atoms with Gasteiger partial charge in [0, 0.05) is 17.5 Å². The van der Waals surface area contributed by atoms with Gasteiger partial charge in [-0.05, 0) is 56.2 Å². The van der Waals surface area contributed by atoms with Crippen LogP contribution in [0.1, 0.15) is 61.2 Å². The Morgan fingerprint density at radius 3 is 2.65 bits per heavy atom. The van der Waals surface area contributed by atoms with Gasteiger partial charge in [0.05, 0.1) is 11.2 Å². The fourth-order valence-electron chi connectivity index (χ4n) is 3.02. The van der Waals surface area contributed by atoms with Crippen LogP contribution in [0.2, 0.25) is 0 Å². The van der Waals surface area contributed by atoms with E-state index in [9.17, 15) is 0 Å². The van der Waals surface area contributed by atoms with E-state index in [1.807, 2.05) is 5.51 Å². The lowest BCUT2D eigenvalue weighted by Gasteiger charge is -2.22. The first-order valence-electron chi connectivity index (χ1n) is 7.50. The molecule has 3 rings (SSSR count). The SMILES string of the molecule is CC(NC(C)c1cscn1)c1ccc2c(c1)CCCC2. The molecule has 106 valence electrons. The zero-order chi connectivity index (χ0) is 13.9. The number of nitrogens with one attached hydrogen (secondary N) is 1. The highest BCUT2D eigenvalue weighted by Gasteiger charge is 2.15. The molecule has 20 heavy (non-hydrogen) atoms. The standard InChI is InChI=1S/C17H22N2S/c1-12(19-13(2)17-10-20-11-18-17)15-8-7-14-5-3-4-6-16(14)9-15/h7-13,19H,3-6H2,1-2H3. The number of aryl methyl sites for hydroxylation is 2. The molecule has 1 aromatic heterocycles. The van der Waals surface area contributed by atoms with E-state index in [-0.39, 0.29) is 0 Å². The maximum absolute atomic E-state index is 4.39. The second kappa shape index (κ2) is 6.06. The third-order valence-electron chi connectivity index (χ3n) is 4.27.